The van der Waals surface area contributed by atoms with E-state index in [-0.39, 0.29) is 5.75 Å². The lowest BCUT2D eigenvalue weighted by molar-refractivity contribution is 0.594. The fourth-order valence-electron chi connectivity index (χ4n) is 1.84. The molecule has 0 fully saturated rings. The Kier molecular flexibility index (Phi) is 4.84. The Hall–Kier alpha value is -0.620. The monoisotopic (exact) mass is 317 g/mol. The number of benzene rings is 1. The number of hydrogen-bond donors (Lipinski definition) is 1. The summed E-state index contributed by atoms with van der Waals surface area (Å²) in [7, 11) is -2.86. The summed E-state index contributed by atoms with van der Waals surface area (Å²) in [6.45, 7) is 1.36. The summed E-state index contributed by atoms with van der Waals surface area (Å²) in [6, 6.07) is 8.04. The molecule has 0 aliphatic heterocycles. The van der Waals surface area contributed by atoms with Gasteiger partial charge in [0.1, 0.15) is 9.84 Å². The van der Waals surface area contributed by atoms with Crippen molar-refractivity contribution in [2.45, 2.75) is 13.0 Å². The maximum Gasteiger partial charge on any atom is 0.147 e. The topological polar surface area (TPSA) is 46.2 Å². The molecule has 0 bridgehead atoms. The number of hydrogen-bond acceptors (Lipinski definition) is 4. The lowest BCUT2D eigenvalue weighted by atomic mass is 10.2. The molecule has 0 unspecified atom stereocenters. The molecule has 1 aromatic carbocycles. The minimum Gasteiger partial charge on any atom is -0.312 e. The van der Waals surface area contributed by atoms with Crippen molar-refractivity contribution < 1.29 is 8.42 Å². The summed E-state index contributed by atoms with van der Waals surface area (Å²) < 4.78 is 23.2. The maximum absolute atomic E-state index is 11.0. The van der Waals surface area contributed by atoms with Crippen molar-refractivity contribution in [1.29, 1.82) is 0 Å². The van der Waals surface area contributed by atoms with Crippen molar-refractivity contribution >= 4 is 42.9 Å². The van der Waals surface area contributed by atoms with Gasteiger partial charge in [0.2, 0.25) is 0 Å². The first-order valence-corrected chi connectivity index (χ1v) is 9.27. The van der Waals surface area contributed by atoms with E-state index in [9.17, 15) is 8.42 Å². The molecule has 2 rings (SSSR count). The van der Waals surface area contributed by atoms with Gasteiger partial charge < -0.3 is 5.32 Å². The highest BCUT2D eigenvalue weighted by Gasteiger charge is 2.09. The second-order valence-corrected chi connectivity index (χ2v) is 8.27. The maximum atomic E-state index is 11.0. The van der Waals surface area contributed by atoms with Crippen LogP contribution in [0.1, 0.15) is 11.3 Å². The molecule has 0 spiro atoms. The predicted molar refractivity (Wildman–Crippen MR) is 82.9 cm³/mol. The molecule has 1 aromatic heterocycles. The van der Waals surface area contributed by atoms with Crippen molar-refractivity contribution in [2.75, 3.05) is 18.6 Å². The van der Waals surface area contributed by atoms with Crippen molar-refractivity contribution in [3.05, 3.63) is 34.2 Å². The largest absolute Gasteiger partial charge is 0.312 e. The zero-order valence-electron chi connectivity index (χ0n) is 10.6. The SMILES string of the molecule is CS(=O)(=O)CCCNCc1sc2ccccc2c1Cl. The van der Waals surface area contributed by atoms with E-state index < -0.39 is 9.84 Å². The van der Waals surface area contributed by atoms with Crippen LogP contribution >= 0.6 is 22.9 Å². The molecule has 0 atom stereocenters. The third kappa shape index (κ3) is 4.18. The van der Waals surface area contributed by atoms with Crippen LogP contribution in [0.4, 0.5) is 0 Å². The van der Waals surface area contributed by atoms with E-state index in [1.807, 2.05) is 18.2 Å². The predicted octanol–water partition coefficient (Wildman–Crippen LogP) is 3.08. The van der Waals surface area contributed by atoms with Crippen LogP contribution in [0.15, 0.2) is 24.3 Å². The summed E-state index contributed by atoms with van der Waals surface area (Å²) in [6.07, 6.45) is 1.89. The summed E-state index contributed by atoms with van der Waals surface area (Å²) >= 11 is 7.99. The molecule has 0 radical (unpaired) electrons. The molecule has 3 nitrogen and oxygen atoms in total. The standard InChI is InChI=1S/C13H16ClNO2S2/c1-19(16,17)8-4-7-15-9-12-13(14)10-5-2-3-6-11(10)18-12/h2-3,5-6,15H,4,7-9H2,1H3. The fourth-order valence-corrected chi connectivity index (χ4v) is 3.98. The highest BCUT2D eigenvalue weighted by molar-refractivity contribution is 7.90. The van der Waals surface area contributed by atoms with Gasteiger partial charge in [-0.3, -0.25) is 0 Å². The summed E-state index contributed by atoms with van der Waals surface area (Å²) in [4.78, 5) is 1.10. The molecule has 1 heterocycles. The lowest BCUT2D eigenvalue weighted by Gasteiger charge is -2.02. The van der Waals surface area contributed by atoms with E-state index in [1.54, 1.807) is 11.3 Å². The number of thiophene rings is 1. The van der Waals surface area contributed by atoms with Crippen molar-refractivity contribution in [1.82, 2.24) is 5.32 Å². The van der Waals surface area contributed by atoms with Gasteiger partial charge in [-0.25, -0.2) is 8.42 Å². The molecular formula is C13H16ClNO2S2. The number of rotatable bonds is 6. The molecule has 0 amide bonds. The van der Waals surface area contributed by atoms with Gasteiger partial charge in [0.05, 0.1) is 10.8 Å². The summed E-state index contributed by atoms with van der Waals surface area (Å²) in [5, 5.41) is 5.12. The van der Waals surface area contributed by atoms with Gasteiger partial charge in [-0.1, -0.05) is 29.8 Å². The highest BCUT2D eigenvalue weighted by atomic mass is 35.5. The van der Waals surface area contributed by atoms with Crippen LogP contribution in [0.2, 0.25) is 5.02 Å². The molecule has 104 valence electrons. The van der Waals surface area contributed by atoms with Gasteiger partial charge in [0.15, 0.2) is 0 Å². The van der Waals surface area contributed by atoms with Gasteiger partial charge in [0.25, 0.3) is 0 Å². The molecule has 2 aromatic rings. The Balaban J connectivity index is 1.90. The molecule has 0 aliphatic rings. The molecule has 0 aliphatic carbocycles. The Morgan fingerprint density at radius 1 is 1.32 bits per heavy atom. The van der Waals surface area contributed by atoms with Crippen LogP contribution in [0, 0.1) is 0 Å². The normalized spacial score (nSPS) is 12.1. The van der Waals surface area contributed by atoms with Crippen LogP contribution in [0.5, 0.6) is 0 Å². The number of fused-ring (bicyclic) bond motifs is 1. The first kappa shape index (κ1) is 14.8. The fraction of sp³-hybridized carbons (Fsp3) is 0.385. The van der Waals surface area contributed by atoms with E-state index in [1.165, 1.54) is 11.0 Å². The van der Waals surface area contributed by atoms with Crippen LogP contribution in [-0.2, 0) is 16.4 Å². The zero-order valence-corrected chi connectivity index (χ0v) is 13.0. The third-order valence-electron chi connectivity index (χ3n) is 2.76. The zero-order chi connectivity index (χ0) is 13.9. The minimum atomic E-state index is -2.86. The van der Waals surface area contributed by atoms with Gasteiger partial charge in [-0.2, -0.15) is 0 Å². The molecule has 19 heavy (non-hydrogen) atoms. The second kappa shape index (κ2) is 6.22. The summed E-state index contributed by atoms with van der Waals surface area (Å²) in [5.41, 5.74) is 0. The number of halogens is 1. The van der Waals surface area contributed by atoms with Crippen molar-refractivity contribution in [2.24, 2.45) is 0 Å². The smallest absolute Gasteiger partial charge is 0.147 e. The van der Waals surface area contributed by atoms with Gasteiger partial charge >= 0.3 is 0 Å². The first-order chi connectivity index (χ1) is 8.97. The number of nitrogens with one attached hydrogen (secondary N) is 1. The highest BCUT2D eigenvalue weighted by Crippen LogP contribution is 2.34. The third-order valence-corrected chi connectivity index (χ3v) is 5.50. The summed E-state index contributed by atoms with van der Waals surface area (Å²) in [5.74, 6) is 0.222. The Morgan fingerprint density at radius 3 is 2.74 bits per heavy atom. The van der Waals surface area contributed by atoms with E-state index in [0.29, 0.717) is 19.5 Å². The Morgan fingerprint density at radius 2 is 2.05 bits per heavy atom. The van der Waals surface area contributed by atoms with E-state index in [2.05, 4.69) is 11.4 Å². The molecule has 0 saturated heterocycles. The van der Waals surface area contributed by atoms with Gasteiger partial charge in [-0.15, -0.1) is 11.3 Å². The molecular weight excluding hydrogens is 302 g/mol. The average Bonchev–Trinajstić information content (AvgIpc) is 2.65. The Labute approximate surface area is 122 Å². The lowest BCUT2D eigenvalue weighted by Crippen LogP contribution is -2.17. The van der Waals surface area contributed by atoms with Crippen LogP contribution in [0.25, 0.3) is 10.1 Å². The van der Waals surface area contributed by atoms with Crippen LogP contribution in [0.3, 0.4) is 0 Å². The van der Waals surface area contributed by atoms with E-state index in [4.69, 9.17) is 11.6 Å². The molecule has 6 heteroatoms. The first-order valence-electron chi connectivity index (χ1n) is 6.02. The quantitative estimate of drug-likeness (QED) is 0.833. The molecule has 0 saturated carbocycles. The number of sulfone groups is 1. The van der Waals surface area contributed by atoms with Crippen LogP contribution in [-0.4, -0.2) is 27.0 Å². The second-order valence-electron chi connectivity index (χ2n) is 4.50. The van der Waals surface area contributed by atoms with Crippen LogP contribution < -0.4 is 5.32 Å². The van der Waals surface area contributed by atoms with Gasteiger partial charge in [-0.05, 0) is 19.0 Å². The van der Waals surface area contributed by atoms with Crippen molar-refractivity contribution in [3.63, 3.8) is 0 Å². The van der Waals surface area contributed by atoms with E-state index >= 15 is 0 Å². The van der Waals surface area contributed by atoms with Crippen molar-refractivity contribution in [3.8, 4) is 0 Å². The average molecular weight is 318 g/mol. The molecule has 1 N–H and O–H groups in total. The van der Waals surface area contributed by atoms with Gasteiger partial charge in [0, 0.05) is 27.8 Å². The Bertz CT molecular complexity index is 664. The van der Waals surface area contributed by atoms with E-state index in [0.717, 1.165) is 15.3 Å². The minimum absolute atomic E-state index is 0.222.